The van der Waals surface area contributed by atoms with E-state index in [1.165, 1.54) is 0 Å². The highest BCUT2D eigenvalue weighted by Gasteiger charge is 1.95. The van der Waals surface area contributed by atoms with Gasteiger partial charge in [-0.2, -0.15) is 5.10 Å². The van der Waals surface area contributed by atoms with E-state index >= 15 is 0 Å². The summed E-state index contributed by atoms with van der Waals surface area (Å²) < 4.78 is 12.4. The molecule has 1 aromatic heterocycles. The number of hydrogen-bond acceptors (Lipinski definition) is 3. The zero-order chi connectivity index (χ0) is 8.97. The Kier molecular flexibility index (Phi) is 3.28. The summed E-state index contributed by atoms with van der Waals surface area (Å²) in [6.07, 6.45) is 3.56. The number of nitrogens with one attached hydrogen (secondary N) is 1. The second kappa shape index (κ2) is 4.25. The Balaban J connectivity index is 2.29. The second-order valence-corrected chi connectivity index (χ2v) is 4.13. The van der Waals surface area contributed by atoms with Gasteiger partial charge in [0.2, 0.25) is 0 Å². The Morgan fingerprint density at radius 2 is 2.50 bits per heavy atom. The molecule has 4 nitrogen and oxygen atoms in total. The highest BCUT2D eigenvalue weighted by molar-refractivity contribution is 7.84. The van der Waals surface area contributed by atoms with Crippen LogP contribution in [-0.4, -0.2) is 32.5 Å². The van der Waals surface area contributed by atoms with Crippen LogP contribution >= 0.6 is 0 Å². The molecule has 1 heterocycles. The van der Waals surface area contributed by atoms with Gasteiger partial charge in [0.25, 0.3) is 0 Å². The maximum Gasteiger partial charge on any atom is 0.147 e. The van der Waals surface area contributed by atoms with E-state index in [2.05, 4.69) is 10.4 Å². The Bertz CT molecular complexity index is 271. The fraction of sp³-hybridized carbons (Fsp3) is 0.571. The SMILES string of the molecule is Cn1ccc(NCCS(C)=O)n1. The van der Waals surface area contributed by atoms with E-state index < -0.39 is 10.8 Å². The van der Waals surface area contributed by atoms with Crippen molar-refractivity contribution in [3.63, 3.8) is 0 Å². The van der Waals surface area contributed by atoms with Gasteiger partial charge in [0, 0.05) is 48.7 Å². The minimum Gasteiger partial charge on any atom is -0.368 e. The van der Waals surface area contributed by atoms with Crippen LogP contribution in [0.2, 0.25) is 0 Å². The molecule has 0 bridgehead atoms. The van der Waals surface area contributed by atoms with E-state index in [1.807, 2.05) is 19.3 Å². The van der Waals surface area contributed by atoms with Gasteiger partial charge in [0.1, 0.15) is 5.82 Å². The number of nitrogens with zero attached hydrogens (tertiary/aromatic N) is 2. The summed E-state index contributed by atoms with van der Waals surface area (Å²) >= 11 is 0. The summed E-state index contributed by atoms with van der Waals surface area (Å²) in [5.74, 6) is 1.50. The van der Waals surface area contributed by atoms with E-state index in [0.717, 1.165) is 5.82 Å². The van der Waals surface area contributed by atoms with Gasteiger partial charge in [0.05, 0.1) is 0 Å². The van der Waals surface area contributed by atoms with Crippen LogP contribution in [0.15, 0.2) is 12.3 Å². The molecule has 0 aliphatic rings. The van der Waals surface area contributed by atoms with Crippen LogP contribution < -0.4 is 5.32 Å². The van der Waals surface area contributed by atoms with Crippen molar-refractivity contribution in [2.75, 3.05) is 23.9 Å². The Morgan fingerprint density at radius 1 is 1.75 bits per heavy atom. The predicted octanol–water partition coefficient (Wildman–Crippen LogP) is 0.210. The first-order valence-corrected chi connectivity index (χ1v) is 5.45. The van der Waals surface area contributed by atoms with E-state index in [0.29, 0.717) is 12.3 Å². The smallest absolute Gasteiger partial charge is 0.147 e. The first-order chi connectivity index (χ1) is 5.68. The zero-order valence-corrected chi connectivity index (χ0v) is 8.10. The normalized spacial score (nSPS) is 12.8. The summed E-state index contributed by atoms with van der Waals surface area (Å²) in [7, 11) is 1.13. The lowest BCUT2D eigenvalue weighted by molar-refractivity contribution is 0.687. The van der Waals surface area contributed by atoms with Crippen molar-refractivity contribution < 1.29 is 4.21 Å². The van der Waals surface area contributed by atoms with Crippen molar-refractivity contribution in [3.05, 3.63) is 12.3 Å². The molecule has 0 fully saturated rings. The molecule has 0 radical (unpaired) electrons. The fourth-order valence-corrected chi connectivity index (χ4v) is 1.22. The molecule has 1 N–H and O–H groups in total. The van der Waals surface area contributed by atoms with Gasteiger partial charge in [-0.1, -0.05) is 0 Å². The summed E-state index contributed by atoms with van der Waals surface area (Å²) in [5, 5.41) is 7.19. The summed E-state index contributed by atoms with van der Waals surface area (Å²) in [4.78, 5) is 0. The van der Waals surface area contributed by atoms with E-state index in [-0.39, 0.29) is 0 Å². The first-order valence-electron chi connectivity index (χ1n) is 3.72. The van der Waals surface area contributed by atoms with Crippen LogP contribution in [0.5, 0.6) is 0 Å². The summed E-state index contributed by atoms with van der Waals surface area (Å²) in [5.41, 5.74) is 0. The third kappa shape index (κ3) is 3.04. The van der Waals surface area contributed by atoms with Crippen LogP contribution in [0.3, 0.4) is 0 Å². The molecule has 1 aromatic rings. The van der Waals surface area contributed by atoms with E-state index in [4.69, 9.17) is 0 Å². The summed E-state index contributed by atoms with van der Waals surface area (Å²) in [6, 6.07) is 1.89. The minimum absolute atomic E-state index is 0.663. The van der Waals surface area contributed by atoms with Gasteiger partial charge < -0.3 is 5.32 Å². The second-order valence-electron chi connectivity index (χ2n) is 2.58. The van der Waals surface area contributed by atoms with Gasteiger partial charge in [-0.3, -0.25) is 8.89 Å². The van der Waals surface area contributed by atoms with Crippen LogP contribution in [0.1, 0.15) is 0 Å². The number of hydrogen-bond donors (Lipinski definition) is 1. The van der Waals surface area contributed by atoms with Gasteiger partial charge >= 0.3 is 0 Å². The molecule has 0 saturated heterocycles. The van der Waals surface area contributed by atoms with Crippen molar-refractivity contribution in [3.8, 4) is 0 Å². The molecule has 1 unspecified atom stereocenters. The van der Waals surface area contributed by atoms with Gasteiger partial charge in [-0.15, -0.1) is 0 Å². The molecule has 68 valence electrons. The van der Waals surface area contributed by atoms with Crippen molar-refractivity contribution in [1.82, 2.24) is 9.78 Å². The fourth-order valence-electron chi connectivity index (χ4n) is 0.832. The van der Waals surface area contributed by atoms with Gasteiger partial charge in [0.15, 0.2) is 0 Å². The topological polar surface area (TPSA) is 46.9 Å². The van der Waals surface area contributed by atoms with Crippen molar-refractivity contribution >= 4 is 16.6 Å². The number of anilines is 1. The maximum absolute atomic E-state index is 10.7. The van der Waals surface area contributed by atoms with Crippen LogP contribution in [0.4, 0.5) is 5.82 Å². The van der Waals surface area contributed by atoms with Gasteiger partial charge in [-0.25, -0.2) is 0 Å². The van der Waals surface area contributed by atoms with Crippen molar-refractivity contribution in [1.29, 1.82) is 0 Å². The van der Waals surface area contributed by atoms with Crippen LogP contribution in [-0.2, 0) is 17.8 Å². The molecular formula is C7H13N3OS. The minimum atomic E-state index is -0.730. The van der Waals surface area contributed by atoms with Crippen molar-refractivity contribution in [2.45, 2.75) is 0 Å². The molecule has 1 atom stereocenters. The Hall–Kier alpha value is -0.840. The number of aryl methyl sites for hydroxylation is 1. The Labute approximate surface area is 74.4 Å². The number of aromatic nitrogens is 2. The summed E-state index contributed by atoms with van der Waals surface area (Å²) in [6.45, 7) is 0.708. The predicted molar refractivity (Wildman–Crippen MR) is 50.6 cm³/mol. The molecule has 5 heteroatoms. The standard InChI is InChI=1S/C7H13N3OS/c1-10-5-3-7(9-10)8-4-6-12(2)11/h3,5H,4,6H2,1-2H3,(H,8,9). The maximum atomic E-state index is 10.7. The molecule has 0 aliphatic heterocycles. The lowest BCUT2D eigenvalue weighted by Crippen LogP contribution is -2.10. The quantitative estimate of drug-likeness (QED) is 0.733. The molecule has 12 heavy (non-hydrogen) atoms. The lowest BCUT2D eigenvalue weighted by atomic mass is 10.6. The highest BCUT2D eigenvalue weighted by atomic mass is 32.2. The molecule has 1 rings (SSSR count). The van der Waals surface area contributed by atoms with Crippen LogP contribution in [0, 0.1) is 0 Å². The van der Waals surface area contributed by atoms with Crippen LogP contribution in [0.25, 0.3) is 0 Å². The molecule has 0 aliphatic carbocycles. The largest absolute Gasteiger partial charge is 0.368 e. The molecule has 0 aromatic carbocycles. The average molecular weight is 187 g/mol. The first kappa shape index (κ1) is 9.25. The molecule has 0 spiro atoms. The van der Waals surface area contributed by atoms with Gasteiger partial charge in [-0.05, 0) is 0 Å². The average Bonchev–Trinajstić information content (AvgIpc) is 2.35. The third-order valence-electron chi connectivity index (χ3n) is 1.41. The molecular weight excluding hydrogens is 174 g/mol. The lowest BCUT2D eigenvalue weighted by Gasteiger charge is -1.99. The van der Waals surface area contributed by atoms with Crippen molar-refractivity contribution in [2.24, 2.45) is 7.05 Å². The monoisotopic (exact) mass is 187 g/mol. The number of rotatable bonds is 4. The molecule has 0 saturated carbocycles. The zero-order valence-electron chi connectivity index (χ0n) is 7.28. The Morgan fingerprint density at radius 3 is 3.00 bits per heavy atom. The third-order valence-corrected chi connectivity index (χ3v) is 2.19. The van der Waals surface area contributed by atoms with E-state index in [1.54, 1.807) is 10.9 Å². The highest BCUT2D eigenvalue weighted by Crippen LogP contribution is 1.99. The molecule has 0 amide bonds. The van der Waals surface area contributed by atoms with E-state index in [9.17, 15) is 4.21 Å².